The maximum absolute atomic E-state index is 12.9. The Morgan fingerprint density at radius 3 is 1.27 bits per heavy atom. The maximum atomic E-state index is 12.9. The summed E-state index contributed by atoms with van der Waals surface area (Å²) in [6.45, 7) is 4.65. The van der Waals surface area contributed by atoms with E-state index in [4.69, 9.17) is 9.05 Å². The van der Waals surface area contributed by atoms with Gasteiger partial charge in [-0.15, -0.1) is 0 Å². The van der Waals surface area contributed by atoms with E-state index in [1.165, 1.54) is 193 Å². The lowest BCUT2D eigenvalue weighted by Crippen LogP contribution is -2.45. The third kappa shape index (κ3) is 48.6. The molecule has 0 aliphatic carbocycles. The molecule has 0 saturated carbocycles. The Labute approximate surface area is 397 Å². The number of aliphatic hydroxyl groups is 1. The van der Waals surface area contributed by atoms with Crippen LogP contribution in [0.15, 0.2) is 36.5 Å². The Morgan fingerprint density at radius 2 is 0.875 bits per heavy atom. The van der Waals surface area contributed by atoms with Crippen LogP contribution in [0.25, 0.3) is 0 Å². The number of likely N-dealkylation sites (N-methyl/N-ethyl adjacent to an activating group) is 1. The summed E-state index contributed by atoms with van der Waals surface area (Å²) >= 11 is 0. The van der Waals surface area contributed by atoms with Crippen LogP contribution >= 0.6 is 7.82 Å². The number of allylic oxidation sites excluding steroid dienone is 5. The topological polar surface area (TPSA) is 108 Å². The van der Waals surface area contributed by atoms with Gasteiger partial charge in [-0.1, -0.05) is 243 Å². The molecule has 0 spiro atoms. The first-order valence-electron chi connectivity index (χ1n) is 27.4. The molecule has 64 heavy (non-hydrogen) atoms. The van der Waals surface area contributed by atoms with Crippen molar-refractivity contribution >= 4 is 13.7 Å². The molecule has 378 valence electrons. The zero-order valence-electron chi connectivity index (χ0n) is 43.0. The third-order valence-corrected chi connectivity index (χ3v) is 13.3. The molecule has 1 amide bonds. The lowest BCUT2D eigenvalue weighted by atomic mass is 10.0. The van der Waals surface area contributed by atoms with Crippen LogP contribution in [-0.4, -0.2) is 68.5 Å². The minimum atomic E-state index is -4.60. The third-order valence-electron chi connectivity index (χ3n) is 12.3. The Bertz CT molecular complexity index is 1140. The van der Waals surface area contributed by atoms with Crippen LogP contribution < -0.4 is 10.2 Å². The molecule has 0 aliphatic heterocycles. The van der Waals surface area contributed by atoms with Gasteiger partial charge in [-0.3, -0.25) is 9.36 Å². The van der Waals surface area contributed by atoms with Crippen molar-refractivity contribution < 1.29 is 32.9 Å². The molecule has 0 fully saturated rings. The van der Waals surface area contributed by atoms with Crippen LogP contribution in [0.3, 0.4) is 0 Å². The molecule has 0 bridgehead atoms. The van der Waals surface area contributed by atoms with Crippen LogP contribution in [0.5, 0.6) is 0 Å². The highest BCUT2D eigenvalue weighted by Gasteiger charge is 2.23. The molecular weight excluding hydrogens is 816 g/mol. The molecule has 0 aromatic heterocycles. The highest BCUT2D eigenvalue weighted by Crippen LogP contribution is 2.38. The predicted molar refractivity (Wildman–Crippen MR) is 275 cm³/mol. The highest BCUT2D eigenvalue weighted by atomic mass is 31.2. The summed E-state index contributed by atoms with van der Waals surface area (Å²) < 4.78 is 23.3. The van der Waals surface area contributed by atoms with Crippen LogP contribution in [-0.2, 0) is 18.4 Å². The number of nitrogens with zero attached hydrogens (tertiary/aromatic N) is 1. The van der Waals surface area contributed by atoms with Gasteiger partial charge in [-0.05, 0) is 44.9 Å². The number of nitrogens with one attached hydrogen (secondary N) is 1. The van der Waals surface area contributed by atoms with E-state index in [0.717, 1.165) is 44.9 Å². The number of phosphoric acid groups is 1. The summed E-state index contributed by atoms with van der Waals surface area (Å²) in [6, 6.07) is -0.907. The van der Waals surface area contributed by atoms with E-state index < -0.39 is 26.6 Å². The summed E-state index contributed by atoms with van der Waals surface area (Å²) in [5.74, 6) is -0.208. The minimum Gasteiger partial charge on any atom is -0.756 e. The summed E-state index contributed by atoms with van der Waals surface area (Å²) in [5, 5.41) is 13.8. The number of quaternary nitrogens is 1. The van der Waals surface area contributed by atoms with Gasteiger partial charge in [0.25, 0.3) is 7.82 Å². The molecule has 8 nitrogen and oxygen atoms in total. The van der Waals surface area contributed by atoms with E-state index in [1.807, 2.05) is 27.2 Å². The van der Waals surface area contributed by atoms with Crippen LogP contribution in [0.2, 0.25) is 0 Å². The number of aliphatic hydroxyl groups excluding tert-OH is 1. The summed E-state index contributed by atoms with van der Waals surface area (Å²) in [7, 11) is 1.24. The van der Waals surface area contributed by atoms with Gasteiger partial charge < -0.3 is 28.8 Å². The number of rotatable bonds is 50. The molecule has 9 heteroatoms. The molecule has 0 aromatic rings. The number of carbonyl (C=O) groups excluding carboxylic acids is 1. The average molecular weight is 923 g/mol. The fourth-order valence-electron chi connectivity index (χ4n) is 8.01. The van der Waals surface area contributed by atoms with E-state index in [-0.39, 0.29) is 12.5 Å². The van der Waals surface area contributed by atoms with Gasteiger partial charge >= 0.3 is 0 Å². The molecule has 3 atom stereocenters. The molecule has 0 saturated heterocycles. The van der Waals surface area contributed by atoms with E-state index in [1.54, 1.807) is 6.08 Å². The molecule has 2 N–H and O–H groups in total. The maximum Gasteiger partial charge on any atom is 0.268 e. The fraction of sp³-hybridized carbons (Fsp3) is 0.873. The smallest absolute Gasteiger partial charge is 0.268 e. The Morgan fingerprint density at radius 1 is 0.531 bits per heavy atom. The largest absolute Gasteiger partial charge is 0.756 e. The summed E-state index contributed by atoms with van der Waals surface area (Å²) in [4.78, 5) is 25.4. The molecular formula is C55H107N2O6P. The van der Waals surface area contributed by atoms with Gasteiger partial charge in [0.2, 0.25) is 5.91 Å². The molecule has 0 aromatic carbocycles. The first-order chi connectivity index (χ1) is 31.0. The average Bonchev–Trinajstić information content (AvgIpc) is 3.25. The zero-order valence-corrected chi connectivity index (χ0v) is 43.9. The second-order valence-corrected chi connectivity index (χ2v) is 21.3. The van der Waals surface area contributed by atoms with Crippen molar-refractivity contribution in [3.8, 4) is 0 Å². The lowest BCUT2D eigenvalue weighted by molar-refractivity contribution is -0.870. The van der Waals surface area contributed by atoms with Crippen molar-refractivity contribution in [1.29, 1.82) is 0 Å². The van der Waals surface area contributed by atoms with Crippen LogP contribution in [0.1, 0.15) is 258 Å². The van der Waals surface area contributed by atoms with Gasteiger partial charge in [-0.2, -0.15) is 0 Å². The first kappa shape index (κ1) is 62.7. The van der Waals surface area contributed by atoms with E-state index >= 15 is 0 Å². The zero-order chi connectivity index (χ0) is 47.1. The molecule has 0 rings (SSSR count). The van der Waals surface area contributed by atoms with Crippen molar-refractivity contribution in [3.63, 3.8) is 0 Å². The van der Waals surface area contributed by atoms with Gasteiger partial charge in [-0.25, -0.2) is 0 Å². The van der Waals surface area contributed by atoms with Gasteiger partial charge in [0.15, 0.2) is 0 Å². The Hall–Kier alpha value is -1.28. The second kappa shape index (κ2) is 46.8. The quantitative estimate of drug-likeness (QED) is 0.0272. The van der Waals surface area contributed by atoms with Crippen LogP contribution in [0, 0.1) is 0 Å². The van der Waals surface area contributed by atoms with Crippen molar-refractivity contribution in [2.45, 2.75) is 270 Å². The standard InChI is InChI=1S/C55H107N2O6P/c1-6-8-10-12-14-16-18-20-22-24-26-27-28-29-30-31-32-34-36-38-40-42-44-46-48-54(58)53(52-63-64(60,61)62-51-50-57(3,4)5)56-55(59)49-47-45-43-41-39-37-35-33-25-23-21-19-17-15-13-11-9-7-2/h31-32,38,40,46,48,53-54,58H,6-30,33-37,39,41-45,47,49-52H2,1-5H3,(H-,56,59,60,61)/b32-31+,40-38+,48-46+. The monoisotopic (exact) mass is 923 g/mol. The molecule has 0 heterocycles. The van der Waals surface area contributed by atoms with E-state index in [9.17, 15) is 19.4 Å². The first-order valence-corrected chi connectivity index (χ1v) is 28.8. The number of unbranched alkanes of at least 4 members (excludes halogenated alkanes) is 33. The number of carbonyl (C=O) groups is 1. The Balaban J connectivity index is 4.32. The molecule has 0 radical (unpaired) electrons. The van der Waals surface area contributed by atoms with Crippen molar-refractivity contribution in [2.24, 2.45) is 0 Å². The number of hydrogen-bond donors (Lipinski definition) is 2. The summed E-state index contributed by atoms with van der Waals surface area (Å²) in [5.41, 5.74) is 0. The number of hydrogen-bond acceptors (Lipinski definition) is 6. The molecule has 0 aliphatic rings. The minimum absolute atomic E-state index is 0.00748. The molecule has 3 unspecified atom stereocenters. The van der Waals surface area contributed by atoms with Crippen molar-refractivity contribution in [1.82, 2.24) is 5.32 Å². The fourth-order valence-corrected chi connectivity index (χ4v) is 8.73. The second-order valence-electron chi connectivity index (χ2n) is 19.9. The number of phosphoric ester groups is 1. The predicted octanol–water partition coefficient (Wildman–Crippen LogP) is 15.6. The normalized spacial score (nSPS) is 14.3. The van der Waals surface area contributed by atoms with Crippen molar-refractivity contribution in [2.75, 3.05) is 40.9 Å². The SMILES string of the molecule is CCCCCCCCCCCCCCCC/C=C/CC/C=C/CC/C=C/C(O)C(COP(=O)([O-])OCC[N+](C)(C)C)NC(=O)CCCCCCCCCCCCCCCCCCCC. The van der Waals surface area contributed by atoms with Crippen LogP contribution in [0.4, 0.5) is 0 Å². The Kier molecular flexibility index (Phi) is 45.9. The van der Waals surface area contributed by atoms with Gasteiger partial charge in [0.1, 0.15) is 13.2 Å². The lowest BCUT2D eigenvalue weighted by Gasteiger charge is -2.29. The summed E-state index contributed by atoms with van der Waals surface area (Å²) in [6.07, 6.45) is 59.3. The van der Waals surface area contributed by atoms with Crippen molar-refractivity contribution in [3.05, 3.63) is 36.5 Å². The van der Waals surface area contributed by atoms with E-state index in [2.05, 4.69) is 43.5 Å². The van der Waals surface area contributed by atoms with Gasteiger partial charge in [0.05, 0.1) is 39.9 Å². The number of amides is 1. The van der Waals surface area contributed by atoms with Gasteiger partial charge in [0, 0.05) is 6.42 Å². The highest BCUT2D eigenvalue weighted by molar-refractivity contribution is 7.45. The van der Waals surface area contributed by atoms with E-state index in [0.29, 0.717) is 17.4 Å².